The maximum Gasteiger partial charge on any atom is 0.302 e. The van der Waals surface area contributed by atoms with Gasteiger partial charge in [0.2, 0.25) is 0 Å². The first-order valence-corrected chi connectivity index (χ1v) is 6.65. The molecule has 0 aliphatic heterocycles. The minimum atomic E-state index is -0.178. The second-order valence-electron chi connectivity index (χ2n) is 4.32. The molecule has 1 atom stereocenters. The number of unbranched alkanes of at least 4 members (excludes halogenated alkanes) is 3. The van der Waals surface area contributed by atoms with Gasteiger partial charge in [0.05, 0.1) is 6.10 Å². The minimum absolute atomic E-state index is 0.0653. The van der Waals surface area contributed by atoms with Crippen LogP contribution in [-0.4, -0.2) is 12.1 Å². The second kappa shape index (κ2) is 11.4. The fourth-order valence-electron chi connectivity index (χ4n) is 1.60. The van der Waals surface area contributed by atoms with Gasteiger partial charge in [-0.1, -0.05) is 37.6 Å². The van der Waals surface area contributed by atoms with Gasteiger partial charge in [0, 0.05) is 6.92 Å². The molecule has 0 aliphatic rings. The van der Waals surface area contributed by atoms with Crippen molar-refractivity contribution in [3.8, 4) is 0 Å². The largest absolute Gasteiger partial charge is 0.463 e. The molecule has 0 bridgehead atoms. The van der Waals surface area contributed by atoms with Crippen LogP contribution in [-0.2, 0) is 9.53 Å². The molecule has 0 heterocycles. The molecule has 0 saturated heterocycles. The van der Waals surface area contributed by atoms with E-state index < -0.39 is 0 Å². The molecule has 98 valence electrons. The summed E-state index contributed by atoms with van der Waals surface area (Å²) >= 11 is 0. The molecule has 0 saturated carbocycles. The van der Waals surface area contributed by atoms with Gasteiger partial charge < -0.3 is 4.74 Å². The highest BCUT2D eigenvalue weighted by atomic mass is 16.5. The number of ether oxygens (including phenoxy) is 1. The fraction of sp³-hybridized carbons (Fsp3) is 0.667. The number of esters is 1. The van der Waals surface area contributed by atoms with Crippen LogP contribution < -0.4 is 0 Å². The monoisotopic (exact) mass is 238 g/mol. The van der Waals surface area contributed by atoms with E-state index in [1.807, 2.05) is 6.92 Å². The molecular formula is C15H26O2. The van der Waals surface area contributed by atoms with Gasteiger partial charge >= 0.3 is 5.97 Å². The lowest BCUT2D eigenvalue weighted by atomic mass is 10.1. The standard InChI is InChI=1S/C15H26O2/c1-4-5-6-7-8-9-10-11-12-13-14(2)17-15(3)16/h5-8,14H,4,9-13H2,1-3H3/b6-5+,8-7+/t14-/m0/s1. The summed E-state index contributed by atoms with van der Waals surface area (Å²) < 4.78 is 5.06. The topological polar surface area (TPSA) is 26.3 Å². The first kappa shape index (κ1) is 16.0. The smallest absolute Gasteiger partial charge is 0.302 e. The number of carbonyl (C=O) groups excluding carboxylic acids is 1. The summed E-state index contributed by atoms with van der Waals surface area (Å²) in [5, 5.41) is 0. The van der Waals surface area contributed by atoms with Crippen LogP contribution in [0.4, 0.5) is 0 Å². The van der Waals surface area contributed by atoms with E-state index in [4.69, 9.17) is 4.74 Å². The average Bonchev–Trinajstić information content (AvgIpc) is 2.26. The molecule has 2 heteroatoms. The van der Waals surface area contributed by atoms with E-state index in [9.17, 15) is 4.79 Å². The average molecular weight is 238 g/mol. The van der Waals surface area contributed by atoms with Crippen LogP contribution in [0.1, 0.15) is 59.3 Å². The predicted molar refractivity (Wildman–Crippen MR) is 72.9 cm³/mol. The molecule has 0 aliphatic carbocycles. The van der Waals surface area contributed by atoms with E-state index in [-0.39, 0.29) is 12.1 Å². The molecule has 0 radical (unpaired) electrons. The van der Waals surface area contributed by atoms with E-state index in [2.05, 4.69) is 31.2 Å². The Labute approximate surface area is 106 Å². The Kier molecular flexibility index (Phi) is 10.7. The summed E-state index contributed by atoms with van der Waals surface area (Å²) in [6.45, 7) is 5.55. The molecule has 0 fully saturated rings. The first-order chi connectivity index (χ1) is 8.16. The molecule has 2 nitrogen and oxygen atoms in total. The van der Waals surface area contributed by atoms with E-state index in [0.717, 1.165) is 25.7 Å². The Morgan fingerprint density at radius 3 is 2.53 bits per heavy atom. The maximum atomic E-state index is 10.7. The highest BCUT2D eigenvalue weighted by Crippen LogP contribution is 2.08. The van der Waals surface area contributed by atoms with Gasteiger partial charge in [-0.3, -0.25) is 4.79 Å². The van der Waals surface area contributed by atoms with Crippen molar-refractivity contribution in [3.05, 3.63) is 24.3 Å². The SMILES string of the molecule is CC/C=C/C=C/CCCCC[C@H](C)OC(C)=O. The van der Waals surface area contributed by atoms with Gasteiger partial charge in [0.15, 0.2) is 0 Å². The number of hydrogen-bond acceptors (Lipinski definition) is 2. The predicted octanol–water partition coefficient (Wildman–Crippen LogP) is 4.41. The highest BCUT2D eigenvalue weighted by molar-refractivity contribution is 5.66. The van der Waals surface area contributed by atoms with Crippen LogP contribution in [0.2, 0.25) is 0 Å². The first-order valence-electron chi connectivity index (χ1n) is 6.65. The van der Waals surface area contributed by atoms with Crippen molar-refractivity contribution in [3.63, 3.8) is 0 Å². The van der Waals surface area contributed by atoms with Gasteiger partial charge in [-0.05, 0) is 39.0 Å². The summed E-state index contributed by atoms with van der Waals surface area (Å²) in [6.07, 6.45) is 15.4. The maximum absolute atomic E-state index is 10.7. The number of allylic oxidation sites excluding steroid dienone is 4. The quantitative estimate of drug-likeness (QED) is 0.338. The summed E-state index contributed by atoms with van der Waals surface area (Å²) in [6, 6.07) is 0. The van der Waals surface area contributed by atoms with Crippen molar-refractivity contribution in [2.75, 3.05) is 0 Å². The Balaban J connectivity index is 3.31. The van der Waals surface area contributed by atoms with Crippen LogP contribution in [0.15, 0.2) is 24.3 Å². The molecule has 0 unspecified atom stereocenters. The van der Waals surface area contributed by atoms with Crippen molar-refractivity contribution in [1.82, 2.24) is 0 Å². The fourth-order valence-corrected chi connectivity index (χ4v) is 1.60. The zero-order valence-corrected chi connectivity index (χ0v) is 11.4. The molecule has 0 amide bonds. The van der Waals surface area contributed by atoms with Crippen LogP contribution >= 0.6 is 0 Å². The van der Waals surface area contributed by atoms with Crippen LogP contribution in [0, 0.1) is 0 Å². The van der Waals surface area contributed by atoms with Crippen molar-refractivity contribution in [2.24, 2.45) is 0 Å². The normalized spacial score (nSPS) is 13.4. The van der Waals surface area contributed by atoms with E-state index in [1.165, 1.54) is 19.8 Å². The Hall–Kier alpha value is -1.05. The third-order valence-electron chi connectivity index (χ3n) is 2.47. The van der Waals surface area contributed by atoms with Crippen molar-refractivity contribution in [1.29, 1.82) is 0 Å². The molecule has 0 spiro atoms. The van der Waals surface area contributed by atoms with E-state index in [0.29, 0.717) is 0 Å². The Bertz CT molecular complexity index is 241. The van der Waals surface area contributed by atoms with Crippen LogP contribution in [0.5, 0.6) is 0 Å². The summed E-state index contributed by atoms with van der Waals surface area (Å²) in [4.78, 5) is 10.7. The third-order valence-corrected chi connectivity index (χ3v) is 2.47. The lowest BCUT2D eigenvalue weighted by Gasteiger charge is -2.10. The zero-order valence-electron chi connectivity index (χ0n) is 11.4. The zero-order chi connectivity index (χ0) is 12.9. The molecule has 0 rings (SSSR count). The van der Waals surface area contributed by atoms with E-state index in [1.54, 1.807) is 0 Å². The lowest BCUT2D eigenvalue weighted by Crippen LogP contribution is -2.11. The van der Waals surface area contributed by atoms with Gasteiger partial charge in [0.1, 0.15) is 0 Å². The number of rotatable bonds is 9. The lowest BCUT2D eigenvalue weighted by molar-refractivity contribution is -0.145. The van der Waals surface area contributed by atoms with Gasteiger partial charge in [-0.2, -0.15) is 0 Å². The molecular weight excluding hydrogens is 212 g/mol. The number of hydrogen-bond donors (Lipinski definition) is 0. The summed E-state index contributed by atoms with van der Waals surface area (Å²) in [5.41, 5.74) is 0. The minimum Gasteiger partial charge on any atom is -0.463 e. The molecule has 0 aromatic heterocycles. The van der Waals surface area contributed by atoms with Crippen LogP contribution in [0.25, 0.3) is 0 Å². The van der Waals surface area contributed by atoms with Crippen molar-refractivity contribution in [2.45, 2.75) is 65.4 Å². The number of carbonyl (C=O) groups is 1. The molecule has 0 aromatic carbocycles. The molecule has 0 N–H and O–H groups in total. The molecule has 17 heavy (non-hydrogen) atoms. The second-order valence-corrected chi connectivity index (χ2v) is 4.32. The van der Waals surface area contributed by atoms with Gasteiger partial charge in [-0.25, -0.2) is 0 Å². The molecule has 0 aromatic rings. The Morgan fingerprint density at radius 1 is 1.18 bits per heavy atom. The highest BCUT2D eigenvalue weighted by Gasteiger charge is 2.03. The summed E-state index contributed by atoms with van der Waals surface area (Å²) in [7, 11) is 0. The van der Waals surface area contributed by atoms with Crippen LogP contribution in [0.3, 0.4) is 0 Å². The van der Waals surface area contributed by atoms with Crippen molar-refractivity contribution >= 4 is 5.97 Å². The van der Waals surface area contributed by atoms with Crippen molar-refractivity contribution < 1.29 is 9.53 Å². The van der Waals surface area contributed by atoms with Gasteiger partial charge in [0.25, 0.3) is 0 Å². The van der Waals surface area contributed by atoms with Gasteiger partial charge in [-0.15, -0.1) is 0 Å². The van der Waals surface area contributed by atoms with E-state index >= 15 is 0 Å². The summed E-state index contributed by atoms with van der Waals surface area (Å²) in [5.74, 6) is -0.178. The third kappa shape index (κ3) is 12.9. The Morgan fingerprint density at radius 2 is 1.88 bits per heavy atom.